The molecule has 3 aromatic rings. The van der Waals surface area contributed by atoms with E-state index in [0.29, 0.717) is 0 Å². The van der Waals surface area contributed by atoms with Crippen molar-refractivity contribution in [3.05, 3.63) is 63.9 Å². The first kappa shape index (κ1) is 26.1. The highest BCUT2D eigenvalue weighted by atomic mass is 35.5. The van der Waals surface area contributed by atoms with Crippen LogP contribution in [0.1, 0.15) is 57.1 Å². The summed E-state index contributed by atoms with van der Waals surface area (Å²) in [4.78, 5) is 33.0. The van der Waals surface area contributed by atoms with Gasteiger partial charge in [0, 0.05) is 30.6 Å². The Morgan fingerprint density at radius 3 is 2.66 bits per heavy atom. The molecule has 2 heterocycles. The first-order chi connectivity index (χ1) is 16.5. The predicted octanol–water partition coefficient (Wildman–Crippen LogP) is 4.48. The molecule has 0 bridgehead atoms. The molecule has 1 atom stereocenters. The van der Waals surface area contributed by atoms with Crippen LogP contribution < -0.4 is 10.6 Å². The number of hydrogen-bond acceptors (Lipinski definition) is 8. The molecule has 0 aliphatic rings. The second-order valence-corrected chi connectivity index (χ2v) is 8.04. The van der Waals surface area contributed by atoms with Crippen LogP contribution in [0.2, 0.25) is 5.02 Å². The summed E-state index contributed by atoms with van der Waals surface area (Å²) in [6.07, 6.45) is -3.47. The van der Waals surface area contributed by atoms with Crippen molar-refractivity contribution in [2.45, 2.75) is 32.4 Å². The Hall–Kier alpha value is -3.51. The third kappa shape index (κ3) is 6.34. The number of Topliss-reactive ketones (excluding diaryl/α,β-unsaturated/α-hetero) is 1. The maximum Gasteiger partial charge on any atom is 0.416 e. The van der Waals surface area contributed by atoms with Crippen molar-refractivity contribution in [2.75, 3.05) is 23.8 Å². The first-order valence-electron chi connectivity index (χ1n) is 10.4. The normalized spacial score (nSPS) is 12.3. The van der Waals surface area contributed by atoms with Gasteiger partial charge in [-0.1, -0.05) is 29.7 Å². The zero-order valence-electron chi connectivity index (χ0n) is 18.6. The highest BCUT2D eigenvalue weighted by Crippen LogP contribution is 2.33. The number of aliphatic hydroxyl groups excluding tert-OH is 1. The Morgan fingerprint density at radius 1 is 1.23 bits per heavy atom. The van der Waals surface area contributed by atoms with Crippen LogP contribution >= 0.6 is 11.6 Å². The summed E-state index contributed by atoms with van der Waals surface area (Å²) in [5.41, 5.74) is -0.629. The number of aryl methyl sites for hydroxylation is 1. The van der Waals surface area contributed by atoms with Crippen LogP contribution in [-0.2, 0) is 6.18 Å². The van der Waals surface area contributed by atoms with Gasteiger partial charge in [0.15, 0.2) is 5.78 Å². The number of rotatable bonds is 9. The minimum absolute atomic E-state index is 0.00898. The van der Waals surface area contributed by atoms with E-state index >= 15 is 0 Å². The monoisotopic (exact) mass is 511 g/mol. The number of alkyl halides is 3. The van der Waals surface area contributed by atoms with Crippen LogP contribution in [0.5, 0.6) is 0 Å². The third-order valence-corrected chi connectivity index (χ3v) is 5.37. The van der Waals surface area contributed by atoms with Gasteiger partial charge in [-0.3, -0.25) is 9.59 Å². The van der Waals surface area contributed by atoms with Crippen molar-refractivity contribution < 1.29 is 32.4 Å². The maximum atomic E-state index is 13.1. The van der Waals surface area contributed by atoms with E-state index in [-0.39, 0.29) is 58.8 Å². The number of ketones is 1. The topological polar surface area (TPSA) is 130 Å². The van der Waals surface area contributed by atoms with Crippen molar-refractivity contribution in [3.8, 4) is 0 Å². The quantitative estimate of drug-likeness (QED) is 0.358. The summed E-state index contributed by atoms with van der Waals surface area (Å²) >= 11 is 6.19. The summed E-state index contributed by atoms with van der Waals surface area (Å²) in [5.74, 6) is -1.73. The summed E-state index contributed by atoms with van der Waals surface area (Å²) in [7, 11) is 0. The lowest BCUT2D eigenvalue weighted by Gasteiger charge is -2.12. The van der Waals surface area contributed by atoms with Gasteiger partial charge < -0.3 is 20.3 Å². The second-order valence-electron chi connectivity index (χ2n) is 7.66. The molecule has 0 fully saturated rings. The van der Waals surface area contributed by atoms with Gasteiger partial charge in [0.25, 0.3) is 5.91 Å². The molecular formula is C22H21ClF3N5O4. The number of aromatic nitrogens is 3. The molecule has 3 N–H and O–H groups in total. The lowest BCUT2D eigenvalue weighted by molar-refractivity contribution is -0.138. The van der Waals surface area contributed by atoms with E-state index in [2.05, 4.69) is 25.8 Å². The van der Waals surface area contributed by atoms with Gasteiger partial charge in [0.05, 0.1) is 17.9 Å². The number of halogens is 4. The Kier molecular flexibility index (Phi) is 8.07. The average molecular weight is 512 g/mol. The highest BCUT2D eigenvalue weighted by molar-refractivity contribution is 6.35. The molecule has 0 aliphatic carbocycles. The Bertz CT molecular complexity index is 1230. The molecule has 9 nitrogen and oxygen atoms in total. The van der Waals surface area contributed by atoms with Crippen molar-refractivity contribution >= 4 is 34.8 Å². The summed E-state index contributed by atoms with van der Waals surface area (Å²) in [6, 6.07) is 4.74. The molecule has 2 aromatic heterocycles. The zero-order valence-corrected chi connectivity index (χ0v) is 19.4. The van der Waals surface area contributed by atoms with E-state index in [0.717, 1.165) is 12.4 Å². The number of amides is 1. The van der Waals surface area contributed by atoms with Crippen molar-refractivity contribution in [1.82, 2.24) is 15.1 Å². The highest BCUT2D eigenvalue weighted by Gasteiger charge is 2.32. The smallest absolute Gasteiger partial charge is 0.395 e. The van der Waals surface area contributed by atoms with Crippen LogP contribution in [0.25, 0.3) is 0 Å². The molecule has 0 saturated heterocycles. The molecule has 13 heteroatoms. The number of hydrogen-bond donors (Lipinski definition) is 3. The lowest BCUT2D eigenvalue weighted by Crippen LogP contribution is -2.13. The SMILES string of the molecule is Cc1ccc(NC(=O)c2cc([C@H](C)CC(=O)c3ncnc(NCCO)c3Cl)no2)cc1C(F)(F)F. The van der Waals surface area contributed by atoms with E-state index in [4.69, 9.17) is 21.2 Å². The fourth-order valence-electron chi connectivity index (χ4n) is 3.17. The fraction of sp³-hybridized carbons (Fsp3) is 0.318. The first-order valence-corrected chi connectivity index (χ1v) is 10.7. The fourth-order valence-corrected chi connectivity index (χ4v) is 3.44. The minimum atomic E-state index is -4.56. The van der Waals surface area contributed by atoms with E-state index in [1.54, 1.807) is 6.92 Å². The van der Waals surface area contributed by atoms with Crippen molar-refractivity contribution in [1.29, 1.82) is 0 Å². The number of carbonyl (C=O) groups excluding carboxylic acids is 2. The minimum Gasteiger partial charge on any atom is -0.395 e. The molecule has 0 radical (unpaired) electrons. The largest absolute Gasteiger partial charge is 0.416 e. The van der Waals surface area contributed by atoms with Crippen molar-refractivity contribution in [2.24, 2.45) is 0 Å². The molecule has 0 saturated carbocycles. The Balaban J connectivity index is 1.69. The number of nitrogens with one attached hydrogen (secondary N) is 2. The van der Waals surface area contributed by atoms with Gasteiger partial charge in [0.1, 0.15) is 22.9 Å². The van der Waals surface area contributed by atoms with Gasteiger partial charge in [-0.05, 0) is 24.6 Å². The van der Waals surface area contributed by atoms with Crippen LogP contribution in [-0.4, -0.2) is 45.1 Å². The molecule has 35 heavy (non-hydrogen) atoms. The Labute approximate surface area is 202 Å². The third-order valence-electron chi connectivity index (χ3n) is 5.01. The van der Waals surface area contributed by atoms with Gasteiger partial charge in [-0.2, -0.15) is 13.2 Å². The number of carbonyl (C=O) groups is 2. The molecule has 0 unspecified atom stereocenters. The van der Waals surface area contributed by atoms with Gasteiger partial charge in [-0.25, -0.2) is 9.97 Å². The number of benzene rings is 1. The van der Waals surface area contributed by atoms with Crippen LogP contribution in [0.4, 0.5) is 24.7 Å². The zero-order chi connectivity index (χ0) is 25.8. The molecule has 0 aliphatic heterocycles. The number of nitrogens with zero attached hydrogens (tertiary/aromatic N) is 3. The number of anilines is 2. The van der Waals surface area contributed by atoms with E-state index in [9.17, 15) is 22.8 Å². The molecule has 0 spiro atoms. The molecular weight excluding hydrogens is 491 g/mol. The van der Waals surface area contributed by atoms with Crippen LogP contribution in [0, 0.1) is 6.92 Å². The van der Waals surface area contributed by atoms with E-state index in [1.807, 2.05) is 0 Å². The van der Waals surface area contributed by atoms with Gasteiger partial charge >= 0.3 is 6.18 Å². The molecule has 3 rings (SSSR count). The molecule has 1 amide bonds. The van der Waals surface area contributed by atoms with Crippen molar-refractivity contribution in [3.63, 3.8) is 0 Å². The van der Waals surface area contributed by atoms with Crippen LogP contribution in [0.15, 0.2) is 35.1 Å². The summed E-state index contributed by atoms with van der Waals surface area (Å²) < 4.78 is 44.4. The lowest BCUT2D eigenvalue weighted by atomic mass is 9.99. The van der Waals surface area contributed by atoms with Crippen LogP contribution in [0.3, 0.4) is 0 Å². The van der Waals surface area contributed by atoms with Gasteiger partial charge in [-0.15, -0.1) is 0 Å². The molecule has 1 aromatic carbocycles. The standard InChI is InChI=1S/C22H21ClF3N5O4/c1-11-3-4-13(8-14(11)22(24,25)26)30-21(34)17-9-15(31-35-17)12(2)7-16(33)19-18(23)20(27-5-6-32)29-10-28-19/h3-4,8-10,12,32H,5-7H2,1-2H3,(H,30,34)(H,27,28,29)/t12-/m1/s1. The number of aliphatic hydroxyl groups is 1. The van der Waals surface area contributed by atoms with E-state index in [1.165, 1.54) is 25.1 Å². The summed E-state index contributed by atoms with van der Waals surface area (Å²) in [6.45, 7) is 3.02. The Morgan fingerprint density at radius 2 is 1.97 bits per heavy atom. The van der Waals surface area contributed by atoms with Gasteiger partial charge in [0.2, 0.25) is 5.76 Å². The predicted molar refractivity (Wildman–Crippen MR) is 121 cm³/mol. The second kappa shape index (κ2) is 10.8. The average Bonchev–Trinajstić information content (AvgIpc) is 3.29. The maximum absolute atomic E-state index is 13.1. The molecule has 186 valence electrons. The van der Waals surface area contributed by atoms with E-state index < -0.39 is 29.3 Å². The summed E-state index contributed by atoms with van der Waals surface area (Å²) in [5, 5.41) is 17.8.